The van der Waals surface area contributed by atoms with Crippen molar-refractivity contribution in [2.24, 2.45) is 0 Å². The van der Waals surface area contributed by atoms with E-state index >= 15 is 0 Å². The standard InChI is InChI=1S/C24H21NO4/c1-17-8-7-9-18(14-17)16-29-22-13-6-5-12-20(22)15-21(24(27)28)25-23(26)19-10-3-2-4-11-19/h2-15H,16H2,1H3,(H,25,26)(H,27,28). The molecule has 29 heavy (non-hydrogen) atoms. The van der Waals surface area contributed by atoms with E-state index in [1.54, 1.807) is 48.5 Å². The number of carbonyl (C=O) groups is 2. The molecular weight excluding hydrogens is 366 g/mol. The van der Waals surface area contributed by atoms with Gasteiger partial charge in [0.25, 0.3) is 5.91 Å². The summed E-state index contributed by atoms with van der Waals surface area (Å²) in [6.07, 6.45) is 1.40. The third-order valence-corrected chi connectivity index (χ3v) is 4.21. The maximum Gasteiger partial charge on any atom is 0.352 e. The highest BCUT2D eigenvalue weighted by Gasteiger charge is 2.14. The second-order valence-electron chi connectivity index (χ2n) is 6.50. The van der Waals surface area contributed by atoms with Gasteiger partial charge in [-0.2, -0.15) is 0 Å². The highest BCUT2D eigenvalue weighted by atomic mass is 16.5. The van der Waals surface area contributed by atoms with E-state index in [-0.39, 0.29) is 5.70 Å². The lowest BCUT2D eigenvalue weighted by atomic mass is 10.1. The molecular formula is C24H21NO4. The first kappa shape index (κ1) is 19.9. The molecule has 0 heterocycles. The molecule has 1 amide bonds. The van der Waals surface area contributed by atoms with Crippen LogP contribution in [0.1, 0.15) is 27.0 Å². The summed E-state index contributed by atoms with van der Waals surface area (Å²) in [4.78, 5) is 24.0. The number of carboxylic acids is 1. The van der Waals surface area contributed by atoms with E-state index in [9.17, 15) is 14.7 Å². The molecule has 0 bridgehead atoms. The van der Waals surface area contributed by atoms with Crippen molar-refractivity contribution >= 4 is 18.0 Å². The second kappa shape index (κ2) is 9.37. The van der Waals surface area contributed by atoms with Crippen LogP contribution in [0.4, 0.5) is 0 Å². The van der Waals surface area contributed by atoms with E-state index in [1.807, 2.05) is 37.3 Å². The molecule has 146 valence electrons. The van der Waals surface area contributed by atoms with E-state index in [1.165, 1.54) is 6.08 Å². The Kier molecular flexibility index (Phi) is 6.43. The number of hydrogen-bond acceptors (Lipinski definition) is 3. The van der Waals surface area contributed by atoms with Gasteiger partial charge in [-0.05, 0) is 36.8 Å². The molecule has 3 rings (SSSR count). The SMILES string of the molecule is Cc1cccc(COc2ccccc2C=C(NC(=O)c2ccccc2)C(=O)O)c1. The van der Waals surface area contributed by atoms with Gasteiger partial charge in [0.2, 0.25) is 0 Å². The number of carbonyl (C=O) groups excluding carboxylic acids is 1. The Morgan fingerprint density at radius 3 is 2.41 bits per heavy atom. The lowest BCUT2D eigenvalue weighted by Crippen LogP contribution is -2.27. The van der Waals surface area contributed by atoms with Gasteiger partial charge in [-0.3, -0.25) is 4.79 Å². The van der Waals surface area contributed by atoms with Crippen molar-refractivity contribution in [3.8, 4) is 5.75 Å². The van der Waals surface area contributed by atoms with Gasteiger partial charge in [-0.15, -0.1) is 0 Å². The van der Waals surface area contributed by atoms with Gasteiger partial charge in [0.05, 0.1) is 0 Å². The molecule has 0 radical (unpaired) electrons. The summed E-state index contributed by atoms with van der Waals surface area (Å²) in [5, 5.41) is 12.0. The summed E-state index contributed by atoms with van der Waals surface area (Å²) in [5.74, 6) is -1.19. The van der Waals surface area contributed by atoms with Crippen LogP contribution in [0, 0.1) is 6.92 Å². The first-order chi connectivity index (χ1) is 14.0. The fourth-order valence-corrected chi connectivity index (χ4v) is 2.79. The highest BCUT2D eigenvalue weighted by molar-refractivity contribution is 6.02. The summed E-state index contributed by atoms with van der Waals surface area (Å²) in [5.41, 5.74) is 2.86. The van der Waals surface area contributed by atoms with Crippen molar-refractivity contribution in [2.75, 3.05) is 0 Å². The van der Waals surface area contributed by atoms with Crippen LogP contribution in [0.25, 0.3) is 6.08 Å². The zero-order valence-corrected chi connectivity index (χ0v) is 16.0. The molecule has 0 unspecified atom stereocenters. The van der Waals surface area contributed by atoms with Crippen LogP contribution in [-0.4, -0.2) is 17.0 Å². The Labute approximate surface area is 169 Å². The zero-order chi connectivity index (χ0) is 20.6. The first-order valence-corrected chi connectivity index (χ1v) is 9.11. The van der Waals surface area contributed by atoms with E-state index in [0.717, 1.165) is 11.1 Å². The minimum atomic E-state index is -1.23. The molecule has 0 spiro atoms. The number of aryl methyl sites for hydroxylation is 1. The molecule has 0 saturated heterocycles. The van der Waals surface area contributed by atoms with Crippen LogP contribution in [0.2, 0.25) is 0 Å². The average Bonchev–Trinajstić information content (AvgIpc) is 2.73. The fourth-order valence-electron chi connectivity index (χ4n) is 2.79. The Balaban J connectivity index is 1.81. The normalized spacial score (nSPS) is 11.0. The molecule has 5 nitrogen and oxygen atoms in total. The molecule has 0 saturated carbocycles. The van der Waals surface area contributed by atoms with Gasteiger partial charge < -0.3 is 15.2 Å². The fraction of sp³-hybridized carbons (Fsp3) is 0.0833. The van der Waals surface area contributed by atoms with Crippen LogP contribution < -0.4 is 10.1 Å². The van der Waals surface area contributed by atoms with Gasteiger partial charge in [0, 0.05) is 11.1 Å². The van der Waals surface area contributed by atoms with Crippen LogP contribution in [-0.2, 0) is 11.4 Å². The quantitative estimate of drug-likeness (QED) is 0.588. The summed E-state index contributed by atoms with van der Waals surface area (Å²) in [6.45, 7) is 2.36. The number of nitrogens with one attached hydrogen (secondary N) is 1. The zero-order valence-electron chi connectivity index (χ0n) is 16.0. The maximum atomic E-state index is 12.3. The van der Waals surface area contributed by atoms with Crippen molar-refractivity contribution in [2.45, 2.75) is 13.5 Å². The van der Waals surface area contributed by atoms with E-state index < -0.39 is 11.9 Å². The van der Waals surface area contributed by atoms with Gasteiger partial charge >= 0.3 is 5.97 Å². The highest BCUT2D eigenvalue weighted by Crippen LogP contribution is 2.22. The number of aliphatic carboxylic acids is 1. The van der Waals surface area contributed by atoms with Crippen LogP contribution >= 0.6 is 0 Å². The van der Waals surface area contributed by atoms with Crippen LogP contribution in [0.5, 0.6) is 5.75 Å². The Hall–Kier alpha value is -3.86. The predicted octanol–water partition coefficient (Wildman–Crippen LogP) is 4.43. The predicted molar refractivity (Wildman–Crippen MR) is 111 cm³/mol. The summed E-state index contributed by atoms with van der Waals surface area (Å²) in [7, 11) is 0. The Morgan fingerprint density at radius 2 is 1.69 bits per heavy atom. The number of hydrogen-bond donors (Lipinski definition) is 2. The van der Waals surface area contributed by atoms with Gasteiger partial charge in [0.15, 0.2) is 0 Å². The van der Waals surface area contributed by atoms with Crippen LogP contribution in [0.15, 0.2) is 84.6 Å². The monoisotopic (exact) mass is 387 g/mol. The van der Waals surface area contributed by atoms with E-state index in [0.29, 0.717) is 23.5 Å². The van der Waals surface area contributed by atoms with Crippen molar-refractivity contribution in [3.05, 3.63) is 107 Å². The molecule has 2 N–H and O–H groups in total. The van der Waals surface area contributed by atoms with Crippen molar-refractivity contribution < 1.29 is 19.4 Å². The largest absolute Gasteiger partial charge is 0.488 e. The summed E-state index contributed by atoms with van der Waals surface area (Å²) in [6, 6.07) is 23.5. The number of ether oxygens (including phenoxy) is 1. The van der Waals surface area contributed by atoms with Gasteiger partial charge in [-0.1, -0.05) is 66.2 Å². The average molecular weight is 387 g/mol. The number of para-hydroxylation sites is 1. The summed E-state index contributed by atoms with van der Waals surface area (Å²) < 4.78 is 5.90. The topological polar surface area (TPSA) is 75.6 Å². The third-order valence-electron chi connectivity index (χ3n) is 4.21. The molecule has 0 aliphatic rings. The van der Waals surface area contributed by atoms with Crippen molar-refractivity contribution in [1.82, 2.24) is 5.32 Å². The molecule has 0 aliphatic heterocycles. The second-order valence-corrected chi connectivity index (χ2v) is 6.50. The summed E-state index contributed by atoms with van der Waals surface area (Å²) >= 11 is 0. The van der Waals surface area contributed by atoms with Gasteiger partial charge in [0.1, 0.15) is 18.1 Å². The van der Waals surface area contributed by atoms with Crippen molar-refractivity contribution in [3.63, 3.8) is 0 Å². The van der Waals surface area contributed by atoms with Crippen LogP contribution in [0.3, 0.4) is 0 Å². The first-order valence-electron chi connectivity index (χ1n) is 9.11. The maximum absolute atomic E-state index is 12.3. The minimum absolute atomic E-state index is 0.231. The third kappa shape index (κ3) is 5.56. The number of amides is 1. The van der Waals surface area contributed by atoms with E-state index in [2.05, 4.69) is 5.32 Å². The smallest absolute Gasteiger partial charge is 0.352 e. The molecule has 3 aromatic rings. The molecule has 0 fully saturated rings. The van der Waals surface area contributed by atoms with E-state index in [4.69, 9.17) is 4.74 Å². The number of carboxylic acid groups (broad SMARTS) is 1. The van der Waals surface area contributed by atoms with Gasteiger partial charge in [-0.25, -0.2) is 4.79 Å². The number of rotatable bonds is 7. The Morgan fingerprint density at radius 1 is 0.966 bits per heavy atom. The Bertz CT molecular complexity index is 1040. The lowest BCUT2D eigenvalue weighted by molar-refractivity contribution is -0.132. The molecule has 5 heteroatoms. The number of benzene rings is 3. The molecule has 0 aliphatic carbocycles. The molecule has 0 atom stereocenters. The minimum Gasteiger partial charge on any atom is -0.488 e. The van der Waals surface area contributed by atoms with Crippen molar-refractivity contribution in [1.29, 1.82) is 0 Å². The lowest BCUT2D eigenvalue weighted by Gasteiger charge is -2.11. The molecule has 0 aromatic heterocycles. The molecule has 3 aromatic carbocycles.